The molecule has 4 heteroatoms. The van der Waals surface area contributed by atoms with E-state index < -0.39 is 0 Å². The molecule has 0 aromatic heterocycles. The molecule has 1 saturated heterocycles. The molecule has 3 rings (SSSR count). The molecule has 1 aliphatic carbocycles. The van der Waals surface area contributed by atoms with Crippen LogP contribution in [0.15, 0.2) is 24.3 Å². The lowest BCUT2D eigenvalue weighted by Gasteiger charge is -2.47. The smallest absolute Gasteiger partial charge is 0.222 e. The number of hydrogen-bond acceptors (Lipinski definition) is 3. The lowest BCUT2D eigenvalue weighted by molar-refractivity contribution is -0.124. The van der Waals surface area contributed by atoms with Crippen LogP contribution < -0.4 is 5.32 Å². The van der Waals surface area contributed by atoms with E-state index in [2.05, 4.69) is 55.3 Å². The molecule has 1 aromatic carbocycles. The minimum absolute atomic E-state index is 0. The van der Waals surface area contributed by atoms with E-state index in [4.69, 9.17) is 4.74 Å². The second-order valence-electron chi connectivity index (χ2n) is 11.9. The van der Waals surface area contributed by atoms with Gasteiger partial charge in [-0.1, -0.05) is 45.0 Å². The Morgan fingerprint density at radius 1 is 1.13 bits per heavy atom. The van der Waals surface area contributed by atoms with E-state index in [9.17, 15) is 4.79 Å². The molecule has 1 fully saturated rings. The highest BCUT2D eigenvalue weighted by atomic mass is 16.5. The summed E-state index contributed by atoms with van der Waals surface area (Å²) >= 11 is 0. The molecule has 0 bridgehead atoms. The molecule has 0 saturated carbocycles. The van der Waals surface area contributed by atoms with Crippen molar-refractivity contribution in [2.45, 2.75) is 97.1 Å². The molecule has 1 atom stereocenters. The second kappa shape index (κ2) is 9.62. The number of carbonyl (C=O) groups is 1. The Morgan fingerprint density at radius 3 is 2.45 bits per heavy atom. The summed E-state index contributed by atoms with van der Waals surface area (Å²) in [4.78, 5) is 15.2. The van der Waals surface area contributed by atoms with E-state index in [1.165, 1.54) is 56.4 Å². The average Bonchev–Trinajstić information content (AvgIpc) is 2.68. The van der Waals surface area contributed by atoms with Gasteiger partial charge in [-0.05, 0) is 94.5 Å². The van der Waals surface area contributed by atoms with Crippen LogP contribution in [0.3, 0.4) is 0 Å². The third-order valence-corrected chi connectivity index (χ3v) is 7.01. The number of hydrogen-bond donors (Lipinski definition) is 1. The summed E-state index contributed by atoms with van der Waals surface area (Å²) in [5.74, 6) is 0.0944. The molecule has 1 heterocycles. The highest BCUT2D eigenvalue weighted by Gasteiger charge is 2.42. The molecule has 176 valence electrons. The first-order chi connectivity index (χ1) is 14.5. The topological polar surface area (TPSA) is 41.6 Å². The molecule has 1 amide bonds. The van der Waals surface area contributed by atoms with Gasteiger partial charge in [0.25, 0.3) is 0 Å². The summed E-state index contributed by atoms with van der Waals surface area (Å²) in [6.07, 6.45) is 6.33. The van der Waals surface area contributed by atoms with Crippen molar-refractivity contribution in [2.75, 3.05) is 26.2 Å². The van der Waals surface area contributed by atoms with Crippen LogP contribution in [0.4, 0.5) is 0 Å². The Bertz CT molecular complexity index is 743. The molecular formula is C27H46N2O2. The third kappa shape index (κ3) is 6.79. The van der Waals surface area contributed by atoms with Crippen LogP contribution in [0.5, 0.6) is 0 Å². The first-order valence-corrected chi connectivity index (χ1v) is 12.2. The van der Waals surface area contributed by atoms with E-state index in [-0.39, 0.29) is 24.4 Å². The van der Waals surface area contributed by atoms with Crippen molar-refractivity contribution >= 4 is 5.91 Å². The number of amides is 1. The molecule has 4 nitrogen and oxygen atoms in total. The summed E-state index contributed by atoms with van der Waals surface area (Å²) in [6, 6.07) is 8.98. The standard InChI is InChI=1S/C27H44N2O2.H2/c1-25(2,3)14-17-29-18-15-27(16-19-29)13-11-23(21-9-7-8-10-22(21)27)28-24(30)12-20-31-26(4,5)6;/h7-10,23H,11-20H2,1-6H3,(H,28,30);1H/t23-;/m0./s1. The van der Waals surface area contributed by atoms with Gasteiger partial charge in [0.15, 0.2) is 0 Å². The third-order valence-electron chi connectivity index (χ3n) is 7.01. The fourth-order valence-corrected chi connectivity index (χ4v) is 5.08. The molecular weight excluding hydrogens is 384 g/mol. The molecule has 1 aliphatic heterocycles. The van der Waals surface area contributed by atoms with Gasteiger partial charge in [0, 0.05) is 1.43 Å². The SMILES string of the molecule is CC(C)(C)CCN1CCC2(CC[C@H](NC(=O)CCOC(C)(C)C)c3ccccc32)CC1.[HH]. The Balaban J connectivity index is 0.00000363. The minimum Gasteiger partial charge on any atom is -0.375 e. The second-order valence-corrected chi connectivity index (χ2v) is 11.9. The van der Waals surface area contributed by atoms with Crippen LogP contribution in [0.25, 0.3) is 0 Å². The van der Waals surface area contributed by atoms with E-state index in [0.29, 0.717) is 18.4 Å². The van der Waals surface area contributed by atoms with Gasteiger partial charge < -0.3 is 15.0 Å². The number of benzene rings is 1. The fourth-order valence-electron chi connectivity index (χ4n) is 5.08. The van der Waals surface area contributed by atoms with Gasteiger partial charge >= 0.3 is 0 Å². The number of carbonyl (C=O) groups excluding carboxylic acids is 1. The summed E-state index contributed by atoms with van der Waals surface area (Å²) in [7, 11) is 0. The maximum absolute atomic E-state index is 12.6. The molecule has 1 aromatic rings. The molecule has 2 aliphatic rings. The van der Waals surface area contributed by atoms with Crippen molar-refractivity contribution in [3.8, 4) is 0 Å². The zero-order valence-electron chi connectivity index (χ0n) is 20.7. The Hall–Kier alpha value is -1.39. The molecule has 0 radical (unpaired) electrons. The van der Waals surface area contributed by atoms with E-state index >= 15 is 0 Å². The number of likely N-dealkylation sites (tertiary alicyclic amines) is 1. The lowest BCUT2D eigenvalue weighted by Crippen LogP contribution is -2.46. The molecule has 31 heavy (non-hydrogen) atoms. The monoisotopic (exact) mass is 430 g/mol. The summed E-state index contributed by atoms with van der Waals surface area (Å²) in [5, 5.41) is 3.30. The van der Waals surface area contributed by atoms with Gasteiger partial charge in [0.1, 0.15) is 0 Å². The number of ether oxygens (including phenoxy) is 1. The normalized spacial score (nSPS) is 21.7. The molecule has 0 unspecified atom stereocenters. The zero-order valence-corrected chi connectivity index (χ0v) is 20.7. The number of fused-ring (bicyclic) bond motifs is 2. The van der Waals surface area contributed by atoms with Gasteiger partial charge in [-0.15, -0.1) is 0 Å². The molecule has 1 spiro atoms. The number of piperidine rings is 1. The van der Waals surface area contributed by atoms with Gasteiger partial charge in [0.05, 0.1) is 24.7 Å². The van der Waals surface area contributed by atoms with Gasteiger partial charge in [-0.2, -0.15) is 0 Å². The van der Waals surface area contributed by atoms with Crippen LogP contribution in [0.2, 0.25) is 0 Å². The maximum atomic E-state index is 12.6. The van der Waals surface area contributed by atoms with Crippen molar-refractivity contribution in [3.05, 3.63) is 35.4 Å². The van der Waals surface area contributed by atoms with Crippen molar-refractivity contribution in [2.24, 2.45) is 5.41 Å². The van der Waals surface area contributed by atoms with Crippen LogP contribution in [0, 0.1) is 5.41 Å². The Morgan fingerprint density at radius 2 is 1.81 bits per heavy atom. The van der Waals surface area contributed by atoms with Crippen LogP contribution in [-0.4, -0.2) is 42.6 Å². The summed E-state index contributed by atoms with van der Waals surface area (Å²) in [6.45, 7) is 17.1. The average molecular weight is 431 g/mol. The summed E-state index contributed by atoms with van der Waals surface area (Å²) < 4.78 is 5.73. The van der Waals surface area contributed by atoms with Crippen molar-refractivity contribution in [1.82, 2.24) is 10.2 Å². The predicted molar refractivity (Wildman–Crippen MR) is 130 cm³/mol. The Kier molecular flexibility index (Phi) is 7.53. The molecule has 1 N–H and O–H groups in total. The number of nitrogens with zero attached hydrogens (tertiary/aromatic N) is 1. The van der Waals surface area contributed by atoms with Crippen LogP contribution in [-0.2, 0) is 14.9 Å². The van der Waals surface area contributed by atoms with Crippen LogP contribution >= 0.6 is 0 Å². The van der Waals surface area contributed by atoms with Crippen molar-refractivity contribution in [3.63, 3.8) is 0 Å². The van der Waals surface area contributed by atoms with Gasteiger partial charge in [-0.25, -0.2) is 0 Å². The van der Waals surface area contributed by atoms with Gasteiger partial charge in [0.2, 0.25) is 5.91 Å². The predicted octanol–water partition coefficient (Wildman–Crippen LogP) is 5.86. The highest BCUT2D eigenvalue weighted by Crippen LogP contribution is 2.48. The van der Waals surface area contributed by atoms with Crippen LogP contribution in [0.1, 0.15) is 98.7 Å². The quantitative estimate of drug-likeness (QED) is 0.615. The maximum Gasteiger partial charge on any atom is 0.222 e. The summed E-state index contributed by atoms with van der Waals surface area (Å²) in [5.41, 5.74) is 3.29. The van der Waals surface area contributed by atoms with Gasteiger partial charge in [-0.3, -0.25) is 4.79 Å². The highest BCUT2D eigenvalue weighted by molar-refractivity contribution is 5.76. The zero-order chi connectivity index (χ0) is 22.7. The van der Waals surface area contributed by atoms with E-state index in [1.54, 1.807) is 0 Å². The van der Waals surface area contributed by atoms with Crippen molar-refractivity contribution < 1.29 is 11.0 Å². The number of rotatable bonds is 6. The van der Waals surface area contributed by atoms with Crippen molar-refractivity contribution in [1.29, 1.82) is 0 Å². The largest absolute Gasteiger partial charge is 0.375 e. The minimum atomic E-state index is -0.203. The first-order valence-electron chi connectivity index (χ1n) is 12.2. The van der Waals surface area contributed by atoms with E-state index in [0.717, 1.165) is 6.42 Å². The van der Waals surface area contributed by atoms with E-state index in [1.807, 2.05) is 20.8 Å². The fraction of sp³-hybridized carbons (Fsp3) is 0.741. The first kappa shape index (κ1) is 24.3. The lowest BCUT2D eigenvalue weighted by atomic mass is 9.63. The number of nitrogens with one attached hydrogen (secondary N) is 1. The Labute approximate surface area is 191 Å².